The molecule has 2 nitrogen and oxygen atoms in total. The van der Waals surface area contributed by atoms with Gasteiger partial charge in [-0.2, -0.15) is 0 Å². The quantitative estimate of drug-likeness (QED) is 0.832. The van der Waals surface area contributed by atoms with Gasteiger partial charge in [0.05, 0.1) is 12.1 Å². The summed E-state index contributed by atoms with van der Waals surface area (Å²) in [5.41, 5.74) is 7.32. The van der Waals surface area contributed by atoms with E-state index in [0.717, 1.165) is 18.4 Å². The molecule has 1 aromatic rings. The van der Waals surface area contributed by atoms with Crippen molar-refractivity contribution in [2.45, 2.75) is 55.4 Å². The highest BCUT2D eigenvalue weighted by Crippen LogP contribution is 2.41. The van der Waals surface area contributed by atoms with Crippen molar-refractivity contribution in [1.29, 1.82) is 0 Å². The number of hydrogen-bond acceptors (Lipinski definition) is 3. The molecule has 3 N–H and O–H groups in total. The van der Waals surface area contributed by atoms with E-state index in [-0.39, 0.29) is 23.2 Å². The second-order valence-corrected chi connectivity index (χ2v) is 7.97. The average Bonchev–Trinajstić information content (AvgIpc) is 3.09. The summed E-state index contributed by atoms with van der Waals surface area (Å²) in [6.07, 6.45) is 1.83. The Labute approximate surface area is 126 Å². The number of thioether (sulfide) groups is 1. The fraction of sp³-hybridized carbons (Fsp3) is 0.600. The Morgan fingerprint density at radius 2 is 1.84 bits per heavy atom. The molecule has 1 aromatic carbocycles. The van der Waals surface area contributed by atoms with Crippen molar-refractivity contribution in [1.82, 2.24) is 0 Å². The maximum atomic E-state index is 10.2. The van der Waals surface area contributed by atoms with Gasteiger partial charge in [-0.15, -0.1) is 24.2 Å². The van der Waals surface area contributed by atoms with Gasteiger partial charge >= 0.3 is 0 Å². The van der Waals surface area contributed by atoms with Crippen molar-refractivity contribution in [2.75, 3.05) is 0 Å². The number of halogens is 1. The van der Waals surface area contributed by atoms with E-state index in [9.17, 15) is 5.11 Å². The molecule has 0 heterocycles. The zero-order chi connectivity index (χ0) is 13.3. The van der Waals surface area contributed by atoms with E-state index < -0.39 is 6.10 Å². The van der Waals surface area contributed by atoms with Crippen molar-refractivity contribution >= 4 is 24.2 Å². The number of rotatable bonds is 4. The Hall–Kier alpha value is -0.220. The molecule has 2 atom stereocenters. The summed E-state index contributed by atoms with van der Waals surface area (Å²) in [5, 5.41) is 10.2. The molecule has 108 valence electrons. The average molecular weight is 302 g/mol. The molecule has 0 amide bonds. The smallest absolute Gasteiger partial charge is 0.0761 e. The molecule has 1 aliphatic carbocycles. The molecule has 0 aliphatic heterocycles. The van der Waals surface area contributed by atoms with Crippen LogP contribution in [0.25, 0.3) is 0 Å². The fourth-order valence-corrected chi connectivity index (χ4v) is 3.22. The molecule has 0 aromatic heterocycles. The van der Waals surface area contributed by atoms with Crippen molar-refractivity contribution in [2.24, 2.45) is 11.7 Å². The third kappa shape index (κ3) is 4.67. The monoisotopic (exact) mass is 301 g/mol. The predicted molar refractivity (Wildman–Crippen MR) is 85.0 cm³/mol. The largest absolute Gasteiger partial charge is 0.391 e. The topological polar surface area (TPSA) is 46.2 Å². The van der Waals surface area contributed by atoms with E-state index >= 15 is 0 Å². The van der Waals surface area contributed by atoms with Crippen LogP contribution >= 0.6 is 24.2 Å². The molecule has 19 heavy (non-hydrogen) atoms. The minimum Gasteiger partial charge on any atom is -0.391 e. The van der Waals surface area contributed by atoms with Crippen LogP contribution in [0, 0.1) is 5.92 Å². The van der Waals surface area contributed by atoms with Crippen molar-refractivity contribution in [3.63, 3.8) is 0 Å². The van der Waals surface area contributed by atoms with Gasteiger partial charge in [0, 0.05) is 9.64 Å². The first-order valence-electron chi connectivity index (χ1n) is 6.60. The molecule has 1 aliphatic rings. The van der Waals surface area contributed by atoms with Crippen molar-refractivity contribution in [3.05, 3.63) is 29.8 Å². The second kappa shape index (κ2) is 6.49. The summed E-state index contributed by atoms with van der Waals surface area (Å²) in [7, 11) is 0. The zero-order valence-corrected chi connectivity index (χ0v) is 13.4. The van der Waals surface area contributed by atoms with Gasteiger partial charge in [0.15, 0.2) is 0 Å². The molecule has 1 saturated carbocycles. The molecule has 0 spiro atoms. The minimum atomic E-state index is -0.397. The summed E-state index contributed by atoms with van der Waals surface area (Å²) in [4.78, 5) is 1.19. The molecular weight excluding hydrogens is 278 g/mol. The van der Waals surface area contributed by atoms with Crippen LogP contribution in [0.5, 0.6) is 0 Å². The van der Waals surface area contributed by atoms with Gasteiger partial charge in [-0.05, 0) is 30.4 Å². The van der Waals surface area contributed by atoms with Crippen LogP contribution in [0.3, 0.4) is 0 Å². The first-order chi connectivity index (χ1) is 8.38. The Morgan fingerprint density at radius 3 is 2.37 bits per heavy atom. The summed E-state index contributed by atoms with van der Waals surface area (Å²) in [5.74, 6) is 0.410. The molecule has 0 bridgehead atoms. The Bertz CT molecular complexity index is 415. The summed E-state index contributed by atoms with van der Waals surface area (Å²) in [6, 6.07) is 7.92. The Morgan fingerprint density at radius 1 is 1.26 bits per heavy atom. The number of hydrogen-bond donors (Lipinski definition) is 2. The standard InChI is InChI=1S/C15H23NOS.ClH/c1-15(2,3)18-12-7-5-4-6-11(12)13(16)14(17)10-8-9-10;/h4-7,10,13-14,17H,8-9,16H2,1-3H3;1H/t13-,14+;/m0./s1. The van der Waals surface area contributed by atoms with E-state index in [1.807, 2.05) is 30.0 Å². The van der Waals surface area contributed by atoms with Crippen LogP contribution in [0.2, 0.25) is 0 Å². The van der Waals surface area contributed by atoms with E-state index in [1.165, 1.54) is 4.90 Å². The lowest BCUT2D eigenvalue weighted by atomic mass is 9.99. The lowest BCUT2D eigenvalue weighted by Gasteiger charge is -2.25. The molecule has 0 unspecified atom stereocenters. The number of benzene rings is 1. The van der Waals surface area contributed by atoms with Gasteiger partial charge in [-0.25, -0.2) is 0 Å². The maximum Gasteiger partial charge on any atom is 0.0761 e. The predicted octanol–water partition coefficient (Wildman–Crippen LogP) is 3.77. The van der Waals surface area contributed by atoms with Gasteiger partial charge in [-0.1, -0.05) is 39.0 Å². The fourth-order valence-electron chi connectivity index (χ4n) is 2.09. The lowest BCUT2D eigenvalue weighted by molar-refractivity contribution is 0.121. The minimum absolute atomic E-state index is 0. The highest BCUT2D eigenvalue weighted by molar-refractivity contribution is 8.00. The maximum absolute atomic E-state index is 10.2. The summed E-state index contributed by atoms with van der Waals surface area (Å²) in [6.45, 7) is 6.58. The molecular formula is C15H24ClNOS. The first kappa shape index (κ1) is 16.8. The third-order valence-corrected chi connectivity index (χ3v) is 4.37. The second-order valence-electron chi connectivity index (χ2n) is 6.11. The lowest BCUT2D eigenvalue weighted by Crippen LogP contribution is -2.28. The highest BCUT2D eigenvalue weighted by Gasteiger charge is 2.35. The molecule has 2 rings (SSSR count). The van der Waals surface area contributed by atoms with Gasteiger partial charge in [-0.3, -0.25) is 0 Å². The van der Waals surface area contributed by atoms with Gasteiger partial charge in [0.2, 0.25) is 0 Å². The van der Waals surface area contributed by atoms with Gasteiger partial charge < -0.3 is 10.8 Å². The zero-order valence-electron chi connectivity index (χ0n) is 11.8. The van der Waals surface area contributed by atoms with Crippen LogP contribution in [0.15, 0.2) is 29.2 Å². The van der Waals surface area contributed by atoms with Crippen LogP contribution < -0.4 is 5.73 Å². The van der Waals surface area contributed by atoms with Crippen LogP contribution in [0.4, 0.5) is 0 Å². The van der Waals surface area contributed by atoms with E-state index in [4.69, 9.17) is 5.73 Å². The van der Waals surface area contributed by atoms with Crippen LogP contribution in [0.1, 0.15) is 45.2 Å². The number of aliphatic hydroxyl groups excluding tert-OH is 1. The first-order valence-corrected chi connectivity index (χ1v) is 7.42. The summed E-state index contributed by atoms with van der Waals surface area (Å²) >= 11 is 1.81. The van der Waals surface area contributed by atoms with Crippen molar-refractivity contribution < 1.29 is 5.11 Å². The van der Waals surface area contributed by atoms with E-state index in [2.05, 4.69) is 26.8 Å². The van der Waals surface area contributed by atoms with Gasteiger partial charge in [0.1, 0.15) is 0 Å². The Kier molecular flexibility index (Phi) is 5.75. The number of nitrogens with two attached hydrogens (primary N) is 1. The molecule has 0 saturated heterocycles. The van der Waals surface area contributed by atoms with E-state index in [0.29, 0.717) is 5.92 Å². The third-order valence-electron chi connectivity index (χ3n) is 3.17. The number of aliphatic hydroxyl groups is 1. The summed E-state index contributed by atoms with van der Waals surface area (Å²) < 4.78 is 0.153. The normalized spacial score (nSPS) is 18.6. The van der Waals surface area contributed by atoms with Crippen LogP contribution in [-0.4, -0.2) is 16.0 Å². The van der Waals surface area contributed by atoms with Gasteiger partial charge in [0.25, 0.3) is 0 Å². The molecule has 1 fully saturated rings. The molecule has 0 radical (unpaired) electrons. The van der Waals surface area contributed by atoms with Crippen LogP contribution in [-0.2, 0) is 0 Å². The Balaban J connectivity index is 0.00000180. The van der Waals surface area contributed by atoms with Crippen molar-refractivity contribution in [3.8, 4) is 0 Å². The molecule has 4 heteroatoms. The van der Waals surface area contributed by atoms with E-state index in [1.54, 1.807) is 0 Å². The highest BCUT2D eigenvalue weighted by atomic mass is 35.5. The SMILES string of the molecule is CC(C)(C)Sc1ccccc1[C@H](N)[C@H](O)C1CC1.Cl.